The Morgan fingerprint density at radius 2 is 0.546 bits per heavy atom. The molecule has 2 aliphatic rings. The van der Waals surface area contributed by atoms with Gasteiger partial charge in [-0.1, -0.05) is 314 Å². The second kappa shape index (κ2) is 26.4. The number of anilines is 6. The fourth-order valence-electron chi connectivity index (χ4n) is 19.4. The average Bonchev–Trinajstić information content (AvgIpc) is 1.07. The molecule has 0 spiro atoms. The number of hydrogen-bond donors (Lipinski definition) is 0. The molecule has 0 fully saturated rings. The normalized spacial score (nSPS) is 13.2. The molecule has 6 heterocycles. The van der Waals surface area contributed by atoms with Crippen LogP contribution in [0.5, 0.6) is 0 Å². The highest BCUT2D eigenvalue weighted by molar-refractivity contribution is 7.00. The first-order valence-electron chi connectivity index (χ1n) is 41.9. The Morgan fingerprint density at radius 3 is 1.02 bits per heavy atom. The molecular weight excluding hydrogens is 1450 g/mol. The molecule has 20 aromatic rings. The Kier molecular flexibility index (Phi) is 16.0. The molecule has 0 amide bonds. The molecule has 7 heteroatoms. The van der Waals surface area contributed by atoms with E-state index in [1.807, 2.05) is 0 Å². The van der Waals surface area contributed by atoms with Crippen molar-refractivity contribution in [3.8, 4) is 77.9 Å². The van der Waals surface area contributed by atoms with Gasteiger partial charge in [-0.25, -0.2) is 0 Å². The monoisotopic (exact) mass is 1540 g/mol. The van der Waals surface area contributed by atoms with Gasteiger partial charge in [0.1, 0.15) is 44.7 Å². The van der Waals surface area contributed by atoms with Crippen LogP contribution in [0.3, 0.4) is 0 Å². The van der Waals surface area contributed by atoms with Crippen molar-refractivity contribution in [2.24, 2.45) is 0 Å². The Morgan fingerprint density at radius 1 is 0.210 bits per heavy atom. The summed E-state index contributed by atoms with van der Waals surface area (Å²) in [5.74, 6) is 0. The number of para-hydroxylation sites is 5. The number of nitrogens with zero attached hydrogens (tertiary/aromatic N) is 2. The van der Waals surface area contributed by atoms with Crippen LogP contribution in [0.2, 0.25) is 0 Å². The predicted octanol–water partition coefficient (Wildman–Crippen LogP) is 30.2. The summed E-state index contributed by atoms with van der Waals surface area (Å²) in [4.78, 5) is 5.44. The fourth-order valence-corrected chi connectivity index (χ4v) is 19.4. The fraction of sp³-hybridized carbons (Fsp3) is 0.143. The van der Waals surface area contributed by atoms with Crippen molar-refractivity contribution in [2.45, 2.75) is 105 Å². The van der Waals surface area contributed by atoms with Crippen molar-refractivity contribution in [1.29, 1.82) is 0 Å². The maximum atomic E-state index is 7.03. The maximum absolute atomic E-state index is 7.03. The lowest BCUT2D eigenvalue weighted by Crippen LogP contribution is -2.61. The van der Waals surface area contributed by atoms with E-state index >= 15 is 0 Å². The van der Waals surface area contributed by atoms with Crippen molar-refractivity contribution >= 4 is 145 Å². The summed E-state index contributed by atoms with van der Waals surface area (Å²) in [7, 11) is 0. The summed E-state index contributed by atoms with van der Waals surface area (Å²) in [5, 5.41) is 8.46. The van der Waals surface area contributed by atoms with Crippen LogP contribution >= 0.6 is 0 Å². The number of hydrogen-bond acceptors (Lipinski definition) is 6. The molecule has 6 nitrogen and oxygen atoms in total. The first-order valence-corrected chi connectivity index (χ1v) is 41.9. The van der Waals surface area contributed by atoms with Crippen molar-refractivity contribution < 1.29 is 17.7 Å². The molecule has 0 radical (unpaired) electrons. The van der Waals surface area contributed by atoms with Crippen LogP contribution in [0.4, 0.5) is 34.1 Å². The van der Waals surface area contributed by atoms with Crippen LogP contribution in [0, 0.1) is 0 Å². The number of fused-ring (bicyclic) bond motifs is 16. The highest BCUT2D eigenvalue weighted by atomic mass is 16.3. The summed E-state index contributed by atoms with van der Waals surface area (Å²) in [6.45, 7) is 27.9. The van der Waals surface area contributed by atoms with Gasteiger partial charge in [-0.05, 0) is 207 Å². The summed E-state index contributed by atoms with van der Waals surface area (Å²) < 4.78 is 27.9. The molecule has 0 aliphatic carbocycles. The van der Waals surface area contributed by atoms with Gasteiger partial charge in [0.15, 0.2) is 0 Å². The Balaban J connectivity index is 0.944. The topological polar surface area (TPSA) is 59.0 Å². The molecule has 0 unspecified atom stereocenters. The molecule has 2 aliphatic heterocycles. The Bertz CT molecular complexity index is 7350. The first-order chi connectivity index (χ1) is 57.5. The number of furan rings is 4. The highest BCUT2D eigenvalue weighted by Crippen LogP contribution is 2.58. The molecule has 0 atom stereocenters. The van der Waals surface area contributed by atoms with Crippen LogP contribution in [0.15, 0.2) is 339 Å². The van der Waals surface area contributed by atoms with E-state index in [1.165, 1.54) is 49.8 Å². The van der Waals surface area contributed by atoms with Crippen molar-refractivity contribution in [3.05, 3.63) is 344 Å². The second-order valence-electron chi connectivity index (χ2n) is 37.1. The minimum atomic E-state index is -0.429. The van der Waals surface area contributed by atoms with E-state index in [4.69, 9.17) is 17.7 Å². The third-order valence-electron chi connectivity index (χ3n) is 25.5. The zero-order valence-corrected chi connectivity index (χ0v) is 69.2. The SMILES string of the molecule is CC(C)(C)c1cccc(-c2ccc3c(c2)N(c2c(-c4cccc5oc6ccccc6c45)cc(C(C)(C)C)cc2-c2cccc4oc5ccccc5c24)c2cc(C(C)(C)C)cc4c2B3c2cc(-c3cc(-c5ccccc5)cc(C(C)(C)C)c3)ccc2N4c2c(-c3cccc4oc5ccccc5c34)cccc2-c2cccc3oc4ccccc4c23)c1. The van der Waals surface area contributed by atoms with Crippen LogP contribution in [-0.2, 0) is 21.7 Å². The summed E-state index contributed by atoms with van der Waals surface area (Å²) >= 11 is 0. The average molecular weight is 1540 g/mol. The molecule has 0 saturated heterocycles. The van der Waals surface area contributed by atoms with Crippen LogP contribution in [-0.4, -0.2) is 6.71 Å². The molecule has 0 bridgehead atoms. The van der Waals surface area contributed by atoms with Crippen LogP contribution in [0.25, 0.3) is 166 Å². The first kappa shape index (κ1) is 71.9. The molecule has 0 saturated carbocycles. The second-order valence-corrected chi connectivity index (χ2v) is 37.1. The van der Waals surface area contributed by atoms with Crippen LogP contribution < -0.4 is 26.2 Å². The van der Waals surface area contributed by atoms with E-state index in [0.717, 1.165) is 189 Å². The molecular formula is C112H89BN2O4. The third-order valence-corrected chi connectivity index (χ3v) is 25.5. The third kappa shape index (κ3) is 11.5. The van der Waals surface area contributed by atoms with E-state index in [0.29, 0.717) is 0 Å². The number of benzene rings is 16. The zero-order valence-electron chi connectivity index (χ0n) is 69.2. The van der Waals surface area contributed by atoms with Crippen LogP contribution in [0.1, 0.15) is 105 Å². The van der Waals surface area contributed by atoms with Gasteiger partial charge in [-0.3, -0.25) is 0 Å². The van der Waals surface area contributed by atoms with Gasteiger partial charge in [0.05, 0.1) is 11.4 Å². The lowest BCUT2D eigenvalue weighted by atomic mass is 9.33. The van der Waals surface area contributed by atoms with Gasteiger partial charge in [0.25, 0.3) is 6.71 Å². The Hall–Kier alpha value is -13.6. The molecule has 0 N–H and O–H groups in total. The number of rotatable bonds is 9. The Labute approximate surface area is 694 Å². The highest BCUT2D eigenvalue weighted by Gasteiger charge is 2.47. The van der Waals surface area contributed by atoms with Gasteiger partial charge < -0.3 is 27.5 Å². The maximum Gasteiger partial charge on any atom is 0.252 e. The molecule has 119 heavy (non-hydrogen) atoms. The molecule has 574 valence electrons. The summed E-state index contributed by atoms with van der Waals surface area (Å²) in [6, 6.07) is 120. The van der Waals surface area contributed by atoms with Crippen molar-refractivity contribution in [3.63, 3.8) is 0 Å². The molecule has 22 rings (SSSR count). The minimum Gasteiger partial charge on any atom is -0.456 e. The van der Waals surface area contributed by atoms with E-state index in [9.17, 15) is 0 Å². The van der Waals surface area contributed by atoms with E-state index in [-0.39, 0.29) is 23.0 Å². The van der Waals surface area contributed by atoms with Gasteiger partial charge in [0.2, 0.25) is 0 Å². The lowest BCUT2D eigenvalue weighted by molar-refractivity contribution is 0.590. The summed E-state index contributed by atoms with van der Waals surface area (Å²) in [5.41, 5.74) is 35.9. The van der Waals surface area contributed by atoms with E-state index in [1.54, 1.807) is 0 Å². The molecule has 4 aromatic heterocycles. The summed E-state index contributed by atoms with van der Waals surface area (Å²) in [6.07, 6.45) is 0. The van der Waals surface area contributed by atoms with Gasteiger partial charge in [-0.2, -0.15) is 0 Å². The zero-order chi connectivity index (χ0) is 80.9. The van der Waals surface area contributed by atoms with Crippen molar-refractivity contribution in [1.82, 2.24) is 0 Å². The van der Waals surface area contributed by atoms with Gasteiger partial charge >= 0.3 is 0 Å². The van der Waals surface area contributed by atoms with Gasteiger partial charge in [0, 0.05) is 88.1 Å². The van der Waals surface area contributed by atoms with Crippen molar-refractivity contribution in [2.75, 3.05) is 9.80 Å². The smallest absolute Gasteiger partial charge is 0.252 e. The standard InChI is InChI=1S/C112H89BN2O4/c1-109(2,3)72-33-24-32-67(57-72)69-52-54-88-91(61-69)115(108-86(78-40-28-50-100-104(78)84-36-18-22-46-96(84)118-100)62-74(111(7,8)9)63-87(108)79-41-29-51-101-105(79)85-37-19-23-47-97(85)119-101)93-65-75(112(10,11)12)64-92-106(93)113(88)89-60-68(71-56-70(66-30-14-13-15-31-66)58-73(59-71)110(4,5)6)53-55-90(89)114(92)107-80(76-38-26-48-98-102(76)82-34-16-20-44-94(82)116-98)42-25-43-81(107)77-39-27-49-99-103(77)83-35-17-21-45-95(83)117-99/h13-65H,1-12H3. The largest absolute Gasteiger partial charge is 0.456 e. The minimum absolute atomic E-state index is 0.121. The molecule has 16 aromatic carbocycles. The quantitative estimate of drug-likeness (QED) is 0.134. The van der Waals surface area contributed by atoms with Gasteiger partial charge in [-0.15, -0.1) is 0 Å². The van der Waals surface area contributed by atoms with E-state index < -0.39 is 5.41 Å². The van der Waals surface area contributed by atoms with E-state index in [2.05, 4.69) is 414 Å². The predicted molar refractivity (Wildman–Crippen MR) is 502 cm³/mol. The lowest BCUT2D eigenvalue weighted by Gasteiger charge is -2.46.